The highest BCUT2D eigenvalue weighted by Crippen LogP contribution is 2.25. The number of aromatic nitrogens is 3. The van der Waals surface area contributed by atoms with Crippen LogP contribution in [0.2, 0.25) is 0 Å². The lowest BCUT2D eigenvalue weighted by Crippen LogP contribution is -2.29. The first kappa shape index (κ1) is 13.2. The van der Waals surface area contributed by atoms with Gasteiger partial charge in [-0.3, -0.25) is 4.79 Å². The number of rotatable bonds is 3. The molecule has 3 rings (SSSR count). The molecular weight excluding hydrogens is 272 g/mol. The molecule has 1 unspecified atom stereocenters. The van der Waals surface area contributed by atoms with Crippen LogP contribution in [0.5, 0.6) is 0 Å². The average Bonchev–Trinajstić information content (AvgIpc) is 3.16. The summed E-state index contributed by atoms with van der Waals surface area (Å²) in [4.78, 5) is 17.2. The molecule has 0 spiro atoms. The SMILES string of the molecule is CSc1ccccc1C(=O)N1CCC(n2nccn2)C1. The molecule has 104 valence electrons. The molecule has 1 aliphatic heterocycles. The predicted octanol–water partition coefficient (Wildman–Crippen LogP) is 2.09. The summed E-state index contributed by atoms with van der Waals surface area (Å²) in [5.74, 6) is 0.101. The summed E-state index contributed by atoms with van der Waals surface area (Å²) in [6, 6.07) is 7.95. The minimum atomic E-state index is 0.101. The fourth-order valence-electron chi connectivity index (χ4n) is 2.52. The molecule has 1 amide bonds. The van der Waals surface area contributed by atoms with Crippen LogP contribution in [0.15, 0.2) is 41.6 Å². The number of likely N-dealkylation sites (tertiary alicyclic amines) is 1. The number of amides is 1. The third-order valence-corrected chi connectivity index (χ3v) is 4.35. The van der Waals surface area contributed by atoms with E-state index >= 15 is 0 Å². The smallest absolute Gasteiger partial charge is 0.255 e. The van der Waals surface area contributed by atoms with E-state index in [0.29, 0.717) is 6.54 Å². The van der Waals surface area contributed by atoms with Gasteiger partial charge >= 0.3 is 0 Å². The molecule has 0 saturated carbocycles. The van der Waals surface area contributed by atoms with Gasteiger partial charge < -0.3 is 4.90 Å². The van der Waals surface area contributed by atoms with E-state index in [2.05, 4.69) is 10.2 Å². The number of carbonyl (C=O) groups is 1. The summed E-state index contributed by atoms with van der Waals surface area (Å²) >= 11 is 1.60. The molecule has 1 fully saturated rings. The zero-order chi connectivity index (χ0) is 13.9. The summed E-state index contributed by atoms with van der Waals surface area (Å²) < 4.78 is 0. The Bertz CT molecular complexity index is 599. The second-order valence-corrected chi connectivity index (χ2v) is 5.59. The normalized spacial score (nSPS) is 18.4. The molecule has 1 atom stereocenters. The standard InChI is InChI=1S/C14H16N4OS/c1-20-13-5-3-2-4-12(13)14(19)17-9-6-11(10-17)18-15-7-8-16-18/h2-5,7-8,11H,6,9-10H2,1H3. The molecule has 0 radical (unpaired) electrons. The molecular formula is C14H16N4OS. The number of hydrogen-bond donors (Lipinski definition) is 0. The lowest BCUT2D eigenvalue weighted by molar-refractivity contribution is 0.0783. The molecule has 0 bridgehead atoms. The molecule has 5 nitrogen and oxygen atoms in total. The van der Waals surface area contributed by atoms with Gasteiger partial charge in [-0.1, -0.05) is 12.1 Å². The van der Waals surface area contributed by atoms with Crippen molar-refractivity contribution in [3.8, 4) is 0 Å². The Labute approximate surface area is 122 Å². The highest BCUT2D eigenvalue weighted by Gasteiger charge is 2.29. The Balaban J connectivity index is 1.76. The monoisotopic (exact) mass is 288 g/mol. The quantitative estimate of drug-likeness (QED) is 0.812. The van der Waals surface area contributed by atoms with Crippen molar-refractivity contribution < 1.29 is 4.79 Å². The molecule has 0 N–H and O–H groups in total. The van der Waals surface area contributed by atoms with E-state index in [1.807, 2.05) is 35.4 Å². The van der Waals surface area contributed by atoms with E-state index in [9.17, 15) is 4.79 Å². The predicted molar refractivity (Wildman–Crippen MR) is 77.8 cm³/mol. The van der Waals surface area contributed by atoms with E-state index < -0.39 is 0 Å². The van der Waals surface area contributed by atoms with Gasteiger partial charge in [-0.05, 0) is 24.8 Å². The van der Waals surface area contributed by atoms with Gasteiger partial charge in [-0.15, -0.1) is 11.8 Å². The van der Waals surface area contributed by atoms with Crippen LogP contribution in [0.25, 0.3) is 0 Å². The van der Waals surface area contributed by atoms with Crippen molar-refractivity contribution in [2.75, 3.05) is 19.3 Å². The van der Waals surface area contributed by atoms with Gasteiger partial charge in [0, 0.05) is 18.0 Å². The summed E-state index contributed by atoms with van der Waals surface area (Å²) in [6.45, 7) is 1.43. The summed E-state index contributed by atoms with van der Waals surface area (Å²) in [7, 11) is 0. The van der Waals surface area contributed by atoms with Crippen LogP contribution < -0.4 is 0 Å². The second kappa shape index (κ2) is 5.66. The maximum absolute atomic E-state index is 12.6. The number of thioether (sulfide) groups is 1. The number of carbonyl (C=O) groups excluding carboxylic acids is 1. The fourth-order valence-corrected chi connectivity index (χ4v) is 3.11. The van der Waals surface area contributed by atoms with Crippen LogP contribution in [0, 0.1) is 0 Å². The minimum Gasteiger partial charge on any atom is -0.336 e. The summed E-state index contributed by atoms with van der Waals surface area (Å²) in [6.07, 6.45) is 6.25. The number of benzene rings is 1. The van der Waals surface area contributed by atoms with Crippen LogP contribution in [-0.4, -0.2) is 45.1 Å². The molecule has 2 heterocycles. The van der Waals surface area contributed by atoms with Crippen LogP contribution in [0.1, 0.15) is 22.8 Å². The van der Waals surface area contributed by atoms with Gasteiger partial charge in [0.1, 0.15) is 0 Å². The van der Waals surface area contributed by atoms with Crippen LogP contribution in [0.4, 0.5) is 0 Å². The Hall–Kier alpha value is -1.82. The third kappa shape index (κ3) is 2.43. The van der Waals surface area contributed by atoms with E-state index in [1.165, 1.54) is 0 Å². The van der Waals surface area contributed by atoms with Crippen molar-refractivity contribution in [3.63, 3.8) is 0 Å². The molecule has 1 aromatic heterocycles. The van der Waals surface area contributed by atoms with Crippen molar-refractivity contribution in [1.82, 2.24) is 19.9 Å². The van der Waals surface area contributed by atoms with Gasteiger partial charge in [0.25, 0.3) is 5.91 Å². The summed E-state index contributed by atoms with van der Waals surface area (Å²) in [5.41, 5.74) is 0.786. The van der Waals surface area contributed by atoms with Crippen LogP contribution in [-0.2, 0) is 0 Å². The minimum absolute atomic E-state index is 0.101. The molecule has 20 heavy (non-hydrogen) atoms. The maximum atomic E-state index is 12.6. The largest absolute Gasteiger partial charge is 0.336 e. The zero-order valence-corrected chi connectivity index (χ0v) is 12.1. The molecule has 1 aromatic carbocycles. The molecule has 1 aliphatic rings. The van der Waals surface area contributed by atoms with Gasteiger partial charge in [-0.2, -0.15) is 15.0 Å². The van der Waals surface area contributed by atoms with E-state index in [-0.39, 0.29) is 11.9 Å². The Kier molecular flexibility index (Phi) is 3.73. The van der Waals surface area contributed by atoms with Crippen molar-refractivity contribution in [2.24, 2.45) is 0 Å². The lowest BCUT2D eigenvalue weighted by atomic mass is 10.2. The first-order valence-electron chi connectivity index (χ1n) is 6.57. The highest BCUT2D eigenvalue weighted by molar-refractivity contribution is 7.98. The van der Waals surface area contributed by atoms with Crippen LogP contribution in [0.3, 0.4) is 0 Å². The number of nitrogens with zero attached hydrogens (tertiary/aromatic N) is 4. The van der Waals surface area contributed by atoms with Gasteiger partial charge in [0.05, 0.1) is 24.0 Å². The van der Waals surface area contributed by atoms with E-state index in [0.717, 1.165) is 23.4 Å². The van der Waals surface area contributed by atoms with Gasteiger partial charge in [-0.25, -0.2) is 0 Å². The Morgan fingerprint density at radius 3 is 2.80 bits per heavy atom. The zero-order valence-electron chi connectivity index (χ0n) is 11.3. The van der Waals surface area contributed by atoms with E-state index in [4.69, 9.17) is 0 Å². The Morgan fingerprint density at radius 2 is 2.05 bits per heavy atom. The number of hydrogen-bond acceptors (Lipinski definition) is 4. The first-order chi connectivity index (χ1) is 9.79. The molecule has 6 heteroatoms. The third-order valence-electron chi connectivity index (χ3n) is 3.55. The second-order valence-electron chi connectivity index (χ2n) is 4.74. The molecule has 2 aromatic rings. The van der Waals surface area contributed by atoms with E-state index in [1.54, 1.807) is 29.0 Å². The summed E-state index contributed by atoms with van der Waals surface area (Å²) in [5, 5.41) is 8.32. The first-order valence-corrected chi connectivity index (χ1v) is 7.80. The Morgan fingerprint density at radius 1 is 1.30 bits per heavy atom. The molecule has 0 aliphatic carbocycles. The van der Waals surface area contributed by atoms with Gasteiger partial charge in [0.15, 0.2) is 0 Å². The van der Waals surface area contributed by atoms with Crippen molar-refractivity contribution >= 4 is 17.7 Å². The average molecular weight is 288 g/mol. The van der Waals surface area contributed by atoms with Crippen molar-refractivity contribution in [2.45, 2.75) is 17.4 Å². The van der Waals surface area contributed by atoms with Gasteiger partial charge in [0.2, 0.25) is 0 Å². The van der Waals surface area contributed by atoms with Crippen molar-refractivity contribution in [3.05, 3.63) is 42.2 Å². The topological polar surface area (TPSA) is 51.0 Å². The highest BCUT2D eigenvalue weighted by atomic mass is 32.2. The molecule has 1 saturated heterocycles. The fraction of sp³-hybridized carbons (Fsp3) is 0.357. The lowest BCUT2D eigenvalue weighted by Gasteiger charge is -2.17. The van der Waals surface area contributed by atoms with Crippen LogP contribution >= 0.6 is 11.8 Å². The maximum Gasteiger partial charge on any atom is 0.255 e. The van der Waals surface area contributed by atoms with Crippen molar-refractivity contribution in [1.29, 1.82) is 0 Å².